The van der Waals surface area contributed by atoms with Crippen LogP contribution in [0.4, 0.5) is 4.39 Å². The van der Waals surface area contributed by atoms with Gasteiger partial charge in [-0.2, -0.15) is 0 Å². The Morgan fingerprint density at radius 1 is 1.24 bits per heavy atom. The predicted octanol–water partition coefficient (Wildman–Crippen LogP) is 2.63. The summed E-state index contributed by atoms with van der Waals surface area (Å²) >= 11 is 0. The molecule has 0 radical (unpaired) electrons. The molecule has 0 bridgehead atoms. The lowest BCUT2D eigenvalue weighted by Crippen LogP contribution is -2.40. The first-order valence-electron chi connectivity index (χ1n) is 7.33. The fraction of sp³-hybridized carbons (Fsp3) is 0.500. The van der Waals surface area contributed by atoms with Gasteiger partial charge in [-0.15, -0.1) is 0 Å². The van der Waals surface area contributed by atoms with E-state index in [1.54, 1.807) is 4.90 Å². The number of esters is 1. The van der Waals surface area contributed by atoms with Crippen molar-refractivity contribution < 1.29 is 18.7 Å². The molecular weight excluding hydrogens is 273 g/mol. The quantitative estimate of drug-likeness (QED) is 0.802. The Bertz CT molecular complexity index is 493. The van der Waals surface area contributed by atoms with E-state index in [1.807, 2.05) is 6.92 Å². The number of carbonyl (C=O) groups is 2. The van der Waals surface area contributed by atoms with Crippen LogP contribution in [0.25, 0.3) is 0 Å². The second-order valence-electron chi connectivity index (χ2n) is 5.24. The highest BCUT2D eigenvalue weighted by Gasteiger charge is 2.28. The van der Waals surface area contributed by atoms with E-state index < -0.39 is 0 Å². The smallest absolute Gasteiger partial charge is 0.309 e. The summed E-state index contributed by atoms with van der Waals surface area (Å²) < 4.78 is 18.0. The van der Waals surface area contributed by atoms with Gasteiger partial charge in [0.05, 0.1) is 12.5 Å². The van der Waals surface area contributed by atoms with Gasteiger partial charge in [0, 0.05) is 18.7 Å². The zero-order valence-corrected chi connectivity index (χ0v) is 12.2. The number of rotatable bonds is 4. The summed E-state index contributed by atoms with van der Waals surface area (Å²) in [5.41, 5.74) is 0.475. The van der Waals surface area contributed by atoms with Crippen molar-refractivity contribution in [3.05, 3.63) is 35.6 Å². The molecule has 1 heterocycles. The molecule has 1 amide bonds. The zero-order chi connectivity index (χ0) is 15.2. The van der Waals surface area contributed by atoms with E-state index in [0.717, 1.165) is 6.42 Å². The lowest BCUT2D eigenvalue weighted by molar-refractivity contribution is -0.150. The number of likely N-dealkylation sites (tertiary alicyclic amines) is 1. The second kappa shape index (κ2) is 7.20. The van der Waals surface area contributed by atoms with Crippen LogP contribution in [0.15, 0.2) is 24.3 Å². The van der Waals surface area contributed by atoms with E-state index in [-0.39, 0.29) is 23.6 Å². The third-order valence-corrected chi connectivity index (χ3v) is 3.66. The number of nitrogens with zero attached hydrogens (tertiary/aromatic N) is 1. The van der Waals surface area contributed by atoms with Gasteiger partial charge < -0.3 is 9.64 Å². The minimum Gasteiger partial charge on any atom is -0.465 e. The van der Waals surface area contributed by atoms with Crippen LogP contribution in [0.1, 0.15) is 36.5 Å². The average molecular weight is 293 g/mol. The van der Waals surface area contributed by atoms with Crippen molar-refractivity contribution in [2.75, 3.05) is 19.7 Å². The molecule has 4 nitrogen and oxygen atoms in total. The molecule has 1 aliphatic heterocycles. The van der Waals surface area contributed by atoms with Gasteiger partial charge in [0.1, 0.15) is 5.82 Å². The first kappa shape index (κ1) is 15.5. The monoisotopic (exact) mass is 293 g/mol. The van der Waals surface area contributed by atoms with Crippen molar-refractivity contribution in [1.29, 1.82) is 0 Å². The molecule has 0 aromatic heterocycles. The average Bonchev–Trinajstić information content (AvgIpc) is 2.53. The van der Waals surface area contributed by atoms with Crippen LogP contribution >= 0.6 is 0 Å². The SMILES string of the molecule is CCCOC(=O)C1CCN(C(=O)c2ccc(F)cc2)CC1. The summed E-state index contributed by atoms with van der Waals surface area (Å²) in [6.07, 6.45) is 2.05. The largest absolute Gasteiger partial charge is 0.465 e. The standard InChI is InChI=1S/C16H20FNO3/c1-2-11-21-16(20)13-7-9-18(10-8-13)15(19)12-3-5-14(17)6-4-12/h3-6,13H,2,7-11H2,1H3. The summed E-state index contributed by atoms with van der Waals surface area (Å²) in [6.45, 7) is 3.47. The van der Waals surface area contributed by atoms with Crippen LogP contribution in [-0.2, 0) is 9.53 Å². The van der Waals surface area contributed by atoms with Crippen molar-refractivity contribution in [3.8, 4) is 0 Å². The first-order valence-corrected chi connectivity index (χ1v) is 7.33. The number of carbonyl (C=O) groups excluding carboxylic acids is 2. The van der Waals surface area contributed by atoms with Gasteiger partial charge >= 0.3 is 5.97 Å². The Labute approximate surface area is 123 Å². The third-order valence-electron chi connectivity index (χ3n) is 3.66. The van der Waals surface area contributed by atoms with Gasteiger partial charge in [0.2, 0.25) is 0 Å². The van der Waals surface area contributed by atoms with Crippen molar-refractivity contribution in [2.24, 2.45) is 5.92 Å². The fourth-order valence-electron chi connectivity index (χ4n) is 2.41. The third kappa shape index (κ3) is 4.03. The Kier molecular flexibility index (Phi) is 5.31. The van der Waals surface area contributed by atoms with E-state index >= 15 is 0 Å². The first-order chi connectivity index (χ1) is 10.1. The Morgan fingerprint density at radius 3 is 2.43 bits per heavy atom. The highest BCUT2D eigenvalue weighted by Crippen LogP contribution is 2.20. The summed E-state index contributed by atoms with van der Waals surface area (Å²) in [4.78, 5) is 25.7. The molecule has 1 saturated heterocycles. The van der Waals surface area contributed by atoms with Crippen LogP contribution in [0.2, 0.25) is 0 Å². The molecule has 0 saturated carbocycles. The molecule has 0 unspecified atom stereocenters. The maximum atomic E-state index is 12.9. The van der Waals surface area contributed by atoms with E-state index in [4.69, 9.17) is 4.74 Å². The van der Waals surface area contributed by atoms with Crippen LogP contribution in [-0.4, -0.2) is 36.5 Å². The number of benzene rings is 1. The van der Waals surface area contributed by atoms with Crippen molar-refractivity contribution in [2.45, 2.75) is 26.2 Å². The number of hydrogen-bond acceptors (Lipinski definition) is 3. The number of piperidine rings is 1. The number of amides is 1. The molecule has 2 rings (SSSR count). The molecule has 0 aliphatic carbocycles. The topological polar surface area (TPSA) is 46.6 Å². The van der Waals surface area contributed by atoms with Crippen LogP contribution in [0.3, 0.4) is 0 Å². The molecule has 114 valence electrons. The fourth-order valence-corrected chi connectivity index (χ4v) is 2.41. The lowest BCUT2D eigenvalue weighted by Gasteiger charge is -2.31. The van der Waals surface area contributed by atoms with Crippen LogP contribution < -0.4 is 0 Å². The molecule has 5 heteroatoms. The van der Waals surface area contributed by atoms with E-state index in [9.17, 15) is 14.0 Å². The maximum Gasteiger partial charge on any atom is 0.309 e. The lowest BCUT2D eigenvalue weighted by atomic mass is 9.96. The van der Waals surface area contributed by atoms with Crippen LogP contribution in [0, 0.1) is 11.7 Å². The van der Waals surface area contributed by atoms with Gasteiger partial charge in [-0.3, -0.25) is 9.59 Å². The van der Waals surface area contributed by atoms with Gasteiger partial charge in [-0.05, 0) is 43.5 Å². The Morgan fingerprint density at radius 2 is 1.86 bits per heavy atom. The molecule has 1 fully saturated rings. The summed E-state index contributed by atoms with van der Waals surface area (Å²) in [5, 5.41) is 0. The van der Waals surface area contributed by atoms with E-state index in [0.29, 0.717) is 38.1 Å². The molecule has 1 aromatic carbocycles. The highest BCUT2D eigenvalue weighted by atomic mass is 19.1. The van der Waals surface area contributed by atoms with Gasteiger partial charge in [-0.1, -0.05) is 6.92 Å². The Hall–Kier alpha value is -1.91. The predicted molar refractivity (Wildman–Crippen MR) is 76.3 cm³/mol. The molecule has 0 atom stereocenters. The molecule has 0 N–H and O–H groups in total. The van der Waals surface area contributed by atoms with Crippen molar-refractivity contribution in [3.63, 3.8) is 0 Å². The number of halogens is 1. The van der Waals surface area contributed by atoms with Crippen molar-refractivity contribution in [1.82, 2.24) is 4.90 Å². The normalized spacial score (nSPS) is 15.8. The zero-order valence-electron chi connectivity index (χ0n) is 12.2. The summed E-state index contributed by atoms with van der Waals surface area (Å²) in [5.74, 6) is -0.751. The van der Waals surface area contributed by atoms with Crippen LogP contribution in [0.5, 0.6) is 0 Å². The second-order valence-corrected chi connectivity index (χ2v) is 5.24. The molecule has 21 heavy (non-hydrogen) atoms. The molecular formula is C16H20FNO3. The van der Waals surface area contributed by atoms with E-state index in [1.165, 1.54) is 24.3 Å². The van der Waals surface area contributed by atoms with Gasteiger partial charge in [-0.25, -0.2) is 4.39 Å². The maximum absolute atomic E-state index is 12.9. The minimum atomic E-state index is -0.357. The number of hydrogen-bond donors (Lipinski definition) is 0. The molecule has 1 aromatic rings. The summed E-state index contributed by atoms with van der Waals surface area (Å²) in [6, 6.07) is 5.53. The Balaban J connectivity index is 1.87. The van der Waals surface area contributed by atoms with Gasteiger partial charge in [0.25, 0.3) is 5.91 Å². The highest BCUT2D eigenvalue weighted by molar-refractivity contribution is 5.94. The van der Waals surface area contributed by atoms with Gasteiger partial charge in [0.15, 0.2) is 0 Å². The minimum absolute atomic E-state index is 0.115. The van der Waals surface area contributed by atoms with Crippen molar-refractivity contribution >= 4 is 11.9 Å². The molecule has 0 spiro atoms. The van der Waals surface area contributed by atoms with E-state index in [2.05, 4.69) is 0 Å². The molecule has 1 aliphatic rings. The summed E-state index contributed by atoms with van der Waals surface area (Å²) in [7, 11) is 0. The number of ether oxygens (including phenoxy) is 1.